The van der Waals surface area contributed by atoms with E-state index in [4.69, 9.17) is 10.5 Å². The van der Waals surface area contributed by atoms with Crippen LogP contribution in [0.1, 0.15) is 28.2 Å². The average molecular weight is 355 g/mol. The van der Waals surface area contributed by atoms with Crippen LogP contribution in [0, 0.1) is 13.8 Å². The van der Waals surface area contributed by atoms with Crippen molar-refractivity contribution in [2.75, 3.05) is 18.2 Å². The van der Waals surface area contributed by atoms with Gasteiger partial charge in [-0.1, -0.05) is 0 Å². The molecule has 1 aromatic carbocycles. The van der Waals surface area contributed by atoms with Crippen molar-refractivity contribution < 1.29 is 9.53 Å². The lowest BCUT2D eigenvalue weighted by molar-refractivity contribution is -0.116. The number of aryl methyl sites for hydroxylation is 3. The fourth-order valence-electron chi connectivity index (χ4n) is 2.35. The Hall–Kier alpha value is -1.72. The molecule has 0 saturated heterocycles. The Morgan fingerprint density at radius 2 is 2.04 bits per heavy atom. The predicted octanol–water partition coefficient (Wildman–Crippen LogP) is 4.34. The molecule has 1 aromatic heterocycles. The molecular formula is C17H23ClN2O2S. The molecule has 0 fully saturated rings. The van der Waals surface area contributed by atoms with E-state index in [9.17, 15) is 4.79 Å². The monoisotopic (exact) mass is 354 g/mol. The maximum Gasteiger partial charge on any atom is 0.224 e. The third-order valence-corrected chi connectivity index (χ3v) is 4.54. The summed E-state index contributed by atoms with van der Waals surface area (Å²) in [7, 11) is 1.59. The molecule has 126 valence electrons. The summed E-state index contributed by atoms with van der Waals surface area (Å²) >= 11 is 1.81. The number of ether oxygens (including phenoxy) is 1. The number of methoxy groups -OCH3 is 1. The zero-order valence-electron chi connectivity index (χ0n) is 13.6. The molecule has 2 rings (SSSR count). The SMILES string of the molecule is COc1ccc(N)c(NC(=O)CCCc2cc(C)sc2C)c1.Cl. The van der Waals surface area contributed by atoms with Crippen molar-refractivity contribution in [3.63, 3.8) is 0 Å². The second-order valence-corrected chi connectivity index (χ2v) is 6.75. The smallest absolute Gasteiger partial charge is 0.224 e. The van der Waals surface area contributed by atoms with Gasteiger partial charge in [-0.25, -0.2) is 0 Å². The molecule has 1 amide bonds. The van der Waals surface area contributed by atoms with Gasteiger partial charge in [-0.05, 0) is 50.5 Å². The molecule has 0 bridgehead atoms. The summed E-state index contributed by atoms with van der Waals surface area (Å²) in [6.45, 7) is 4.24. The Morgan fingerprint density at radius 3 is 2.65 bits per heavy atom. The van der Waals surface area contributed by atoms with Crippen LogP contribution in [0.3, 0.4) is 0 Å². The highest BCUT2D eigenvalue weighted by Gasteiger charge is 2.08. The molecule has 0 aliphatic carbocycles. The summed E-state index contributed by atoms with van der Waals surface area (Å²) in [5.41, 5.74) is 8.35. The standard InChI is InChI=1S/C17H22N2O2S.ClH/c1-11-9-13(12(2)22-11)5-4-6-17(20)19-16-10-14(21-3)7-8-15(16)18;/h7-10H,4-6,18H2,1-3H3,(H,19,20);1H. The van der Waals surface area contributed by atoms with E-state index >= 15 is 0 Å². The van der Waals surface area contributed by atoms with E-state index in [0.717, 1.165) is 12.8 Å². The minimum atomic E-state index is -0.0236. The van der Waals surface area contributed by atoms with Gasteiger partial charge in [-0.2, -0.15) is 0 Å². The van der Waals surface area contributed by atoms with Crippen molar-refractivity contribution in [3.05, 3.63) is 39.6 Å². The molecule has 23 heavy (non-hydrogen) atoms. The topological polar surface area (TPSA) is 64.3 Å². The van der Waals surface area contributed by atoms with Crippen LogP contribution in [0.5, 0.6) is 5.75 Å². The Morgan fingerprint density at radius 1 is 1.30 bits per heavy atom. The van der Waals surface area contributed by atoms with Gasteiger partial charge in [0.1, 0.15) is 5.75 Å². The van der Waals surface area contributed by atoms with Gasteiger partial charge < -0.3 is 15.8 Å². The highest BCUT2D eigenvalue weighted by atomic mass is 35.5. The molecule has 0 radical (unpaired) electrons. The number of amides is 1. The van der Waals surface area contributed by atoms with Gasteiger partial charge >= 0.3 is 0 Å². The number of rotatable bonds is 6. The number of thiophene rings is 1. The van der Waals surface area contributed by atoms with Crippen LogP contribution >= 0.6 is 23.7 Å². The van der Waals surface area contributed by atoms with Crippen LogP contribution in [-0.4, -0.2) is 13.0 Å². The van der Waals surface area contributed by atoms with Crippen LogP contribution < -0.4 is 15.8 Å². The molecular weight excluding hydrogens is 332 g/mol. The van der Waals surface area contributed by atoms with Crippen molar-refractivity contribution in [3.8, 4) is 5.75 Å². The molecule has 0 unspecified atom stereocenters. The minimum absolute atomic E-state index is 0. The zero-order chi connectivity index (χ0) is 16.1. The number of nitrogen functional groups attached to an aromatic ring is 1. The van der Waals surface area contributed by atoms with Gasteiger partial charge in [-0.3, -0.25) is 4.79 Å². The van der Waals surface area contributed by atoms with Gasteiger partial charge in [-0.15, -0.1) is 23.7 Å². The molecule has 1 heterocycles. The zero-order valence-corrected chi connectivity index (χ0v) is 15.3. The fraction of sp³-hybridized carbons (Fsp3) is 0.353. The summed E-state index contributed by atoms with van der Waals surface area (Å²) in [5, 5.41) is 2.85. The van der Waals surface area contributed by atoms with Crippen LogP contribution in [0.4, 0.5) is 11.4 Å². The Bertz CT molecular complexity index is 671. The van der Waals surface area contributed by atoms with E-state index in [0.29, 0.717) is 23.5 Å². The molecule has 4 nitrogen and oxygen atoms in total. The van der Waals surface area contributed by atoms with Gasteiger partial charge in [0.15, 0.2) is 0 Å². The lowest BCUT2D eigenvalue weighted by Crippen LogP contribution is -2.13. The van der Waals surface area contributed by atoms with E-state index in [1.807, 2.05) is 0 Å². The normalized spacial score (nSPS) is 10.0. The number of anilines is 2. The first-order chi connectivity index (χ1) is 10.5. The van der Waals surface area contributed by atoms with E-state index in [1.165, 1.54) is 15.3 Å². The van der Waals surface area contributed by atoms with Crippen LogP contribution in [-0.2, 0) is 11.2 Å². The summed E-state index contributed by atoms with van der Waals surface area (Å²) in [4.78, 5) is 14.7. The largest absolute Gasteiger partial charge is 0.497 e. The summed E-state index contributed by atoms with van der Waals surface area (Å²) in [5.74, 6) is 0.651. The Labute approximate surface area is 147 Å². The highest BCUT2D eigenvalue weighted by molar-refractivity contribution is 7.12. The molecule has 0 aliphatic rings. The van der Waals surface area contributed by atoms with Crippen LogP contribution in [0.15, 0.2) is 24.3 Å². The second-order valence-electron chi connectivity index (χ2n) is 5.29. The third-order valence-electron chi connectivity index (χ3n) is 3.53. The van der Waals surface area contributed by atoms with Crippen molar-refractivity contribution in [2.24, 2.45) is 0 Å². The molecule has 2 aromatic rings. The summed E-state index contributed by atoms with van der Waals surface area (Å²) in [6.07, 6.45) is 2.23. The third kappa shape index (κ3) is 5.44. The van der Waals surface area contributed by atoms with E-state index in [1.54, 1.807) is 36.6 Å². The van der Waals surface area contributed by atoms with Gasteiger partial charge in [0.25, 0.3) is 0 Å². The maximum atomic E-state index is 12.0. The molecule has 0 spiro atoms. The van der Waals surface area contributed by atoms with Gasteiger partial charge in [0.05, 0.1) is 18.5 Å². The molecule has 0 saturated carbocycles. The number of hydrogen-bond acceptors (Lipinski definition) is 4. The molecule has 0 atom stereocenters. The number of nitrogens with one attached hydrogen (secondary N) is 1. The van der Waals surface area contributed by atoms with E-state index in [-0.39, 0.29) is 18.3 Å². The number of nitrogens with two attached hydrogens (primary N) is 1. The average Bonchev–Trinajstić information content (AvgIpc) is 2.79. The molecule has 0 aliphatic heterocycles. The lowest BCUT2D eigenvalue weighted by Gasteiger charge is -2.10. The van der Waals surface area contributed by atoms with Crippen LogP contribution in [0.25, 0.3) is 0 Å². The van der Waals surface area contributed by atoms with Crippen molar-refractivity contribution in [1.82, 2.24) is 0 Å². The fourth-order valence-corrected chi connectivity index (χ4v) is 3.33. The number of halogens is 1. The summed E-state index contributed by atoms with van der Waals surface area (Å²) in [6, 6.07) is 7.44. The first kappa shape index (κ1) is 19.3. The maximum absolute atomic E-state index is 12.0. The first-order valence-electron chi connectivity index (χ1n) is 7.29. The summed E-state index contributed by atoms with van der Waals surface area (Å²) < 4.78 is 5.14. The van der Waals surface area contributed by atoms with E-state index < -0.39 is 0 Å². The second kappa shape index (κ2) is 8.79. The van der Waals surface area contributed by atoms with E-state index in [2.05, 4.69) is 25.2 Å². The lowest BCUT2D eigenvalue weighted by atomic mass is 10.1. The Kier molecular flexibility index (Phi) is 7.39. The van der Waals surface area contributed by atoms with Crippen molar-refractivity contribution in [1.29, 1.82) is 0 Å². The quantitative estimate of drug-likeness (QED) is 0.758. The van der Waals surface area contributed by atoms with Crippen molar-refractivity contribution in [2.45, 2.75) is 33.1 Å². The Balaban J connectivity index is 0.00000264. The van der Waals surface area contributed by atoms with Gasteiger partial charge in [0.2, 0.25) is 5.91 Å². The number of hydrogen-bond donors (Lipinski definition) is 2. The minimum Gasteiger partial charge on any atom is -0.497 e. The van der Waals surface area contributed by atoms with Crippen LogP contribution in [0.2, 0.25) is 0 Å². The number of benzene rings is 1. The number of carbonyl (C=O) groups is 1. The predicted molar refractivity (Wildman–Crippen MR) is 100 cm³/mol. The number of carbonyl (C=O) groups excluding carboxylic acids is 1. The molecule has 3 N–H and O–H groups in total. The van der Waals surface area contributed by atoms with Gasteiger partial charge in [0, 0.05) is 22.2 Å². The first-order valence-corrected chi connectivity index (χ1v) is 8.10. The molecule has 6 heteroatoms. The van der Waals surface area contributed by atoms with Crippen molar-refractivity contribution >= 4 is 41.0 Å². The highest BCUT2D eigenvalue weighted by Crippen LogP contribution is 2.25.